The maximum atomic E-state index is 11.9. The molecule has 0 aliphatic heterocycles. The van der Waals surface area contributed by atoms with Crippen LogP contribution in [-0.2, 0) is 15.6 Å². The molecule has 1 aromatic heterocycles. The van der Waals surface area contributed by atoms with Gasteiger partial charge in [-0.25, -0.2) is 0 Å². The number of aliphatic carboxylic acids is 1. The van der Waals surface area contributed by atoms with Crippen LogP contribution in [-0.4, -0.2) is 37.6 Å². The summed E-state index contributed by atoms with van der Waals surface area (Å²) in [6, 6.07) is 7.27. The van der Waals surface area contributed by atoms with Crippen molar-refractivity contribution in [1.82, 2.24) is 4.98 Å². The van der Waals surface area contributed by atoms with Crippen molar-refractivity contribution in [1.29, 1.82) is 0 Å². The van der Waals surface area contributed by atoms with E-state index in [0.717, 1.165) is 10.9 Å². The first-order valence-corrected chi connectivity index (χ1v) is 6.73. The Morgan fingerprint density at radius 3 is 2.67 bits per heavy atom. The number of aromatic amines is 1. The van der Waals surface area contributed by atoms with Crippen molar-refractivity contribution in [2.75, 3.05) is 11.5 Å². The molecule has 0 bridgehead atoms. The second-order valence-electron chi connectivity index (χ2n) is 3.79. The van der Waals surface area contributed by atoms with E-state index in [2.05, 4.69) is 4.98 Å². The monoisotopic (exact) mass is 265 g/mol. The molecule has 6 heteroatoms. The number of ketones is 1. The molecule has 0 saturated heterocycles. The molecule has 0 spiro atoms. The van der Waals surface area contributed by atoms with Gasteiger partial charge in [0.15, 0.2) is 5.78 Å². The van der Waals surface area contributed by atoms with Gasteiger partial charge in [0.2, 0.25) is 0 Å². The molecular weight excluding hydrogens is 254 g/mol. The maximum Gasteiger partial charge on any atom is 0.316 e. The lowest BCUT2D eigenvalue weighted by Gasteiger charge is -1.98. The number of carboxylic acid groups (broad SMARTS) is 1. The minimum Gasteiger partial charge on any atom is -0.481 e. The van der Waals surface area contributed by atoms with E-state index in [-0.39, 0.29) is 11.5 Å². The van der Waals surface area contributed by atoms with Crippen LogP contribution in [0, 0.1) is 0 Å². The number of aromatic nitrogens is 1. The standard InChI is InChI=1S/C12H11NO4S/c14-11(6-18(17)7-12(15)16)9-5-13-10-4-2-1-3-8(9)10/h1-5,13H,6-7H2,(H,15,16). The Balaban J connectivity index is 2.19. The van der Waals surface area contributed by atoms with Crippen LogP contribution in [0.25, 0.3) is 10.9 Å². The average Bonchev–Trinajstić information content (AvgIpc) is 2.71. The summed E-state index contributed by atoms with van der Waals surface area (Å²) in [6.45, 7) is 0. The number of carbonyl (C=O) groups is 2. The number of hydrogen-bond acceptors (Lipinski definition) is 3. The molecule has 0 radical (unpaired) electrons. The first-order chi connectivity index (χ1) is 8.58. The second-order valence-corrected chi connectivity index (χ2v) is 5.25. The van der Waals surface area contributed by atoms with E-state index in [4.69, 9.17) is 5.11 Å². The molecule has 1 unspecified atom stereocenters. The highest BCUT2D eigenvalue weighted by molar-refractivity contribution is 7.86. The zero-order chi connectivity index (χ0) is 13.1. The molecule has 94 valence electrons. The van der Waals surface area contributed by atoms with Crippen molar-refractivity contribution in [2.45, 2.75) is 0 Å². The zero-order valence-electron chi connectivity index (χ0n) is 9.38. The van der Waals surface area contributed by atoms with Gasteiger partial charge in [0, 0.05) is 33.5 Å². The molecule has 0 saturated carbocycles. The van der Waals surface area contributed by atoms with E-state index in [1.165, 1.54) is 0 Å². The third kappa shape index (κ3) is 2.65. The zero-order valence-corrected chi connectivity index (χ0v) is 10.2. The minimum atomic E-state index is -1.67. The van der Waals surface area contributed by atoms with E-state index < -0.39 is 22.5 Å². The Morgan fingerprint density at radius 2 is 1.94 bits per heavy atom. The van der Waals surface area contributed by atoms with Gasteiger partial charge in [-0.15, -0.1) is 0 Å². The summed E-state index contributed by atoms with van der Waals surface area (Å²) in [4.78, 5) is 25.2. The van der Waals surface area contributed by atoms with Crippen LogP contribution in [0.2, 0.25) is 0 Å². The molecular formula is C12H11NO4S. The Kier molecular flexibility index (Phi) is 3.57. The van der Waals surface area contributed by atoms with Gasteiger partial charge in [-0.1, -0.05) is 18.2 Å². The first-order valence-electron chi connectivity index (χ1n) is 5.24. The summed E-state index contributed by atoms with van der Waals surface area (Å²) in [5.74, 6) is -2.26. The molecule has 5 nitrogen and oxygen atoms in total. The molecule has 2 N–H and O–H groups in total. The van der Waals surface area contributed by atoms with Crippen molar-refractivity contribution in [3.63, 3.8) is 0 Å². The number of H-pyrrole nitrogens is 1. The van der Waals surface area contributed by atoms with E-state index in [0.29, 0.717) is 5.56 Å². The average molecular weight is 265 g/mol. The molecule has 1 atom stereocenters. The fourth-order valence-corrected chi connectivity index (χ4v) is 2.54. The van der Waals surface area contributed by atoms with Crippen LogP contribution < -0.4 is 0 Å². The van der Waals surface area contributed by atoms with Crippen molar-refractivity contribution in [2.24, 2.45) is 0 Å². The number of para-hydroxylation sites is 1. The molecule has 2 rings (SSSR count). The van der Waals surface area contributed by atoms with Crippen LogP contribution in [0.15, 0.2) is 30.5 Å². The normalized spacial score (nSPS) is 12.4. The van der Waals surface area contributed by atoms with Gasteiger partial charge in [-0.2, -0.15) is 0 Å². The molecule has 0 aliphatic carbocycles. The Morgan fingerprint density at radius 1 is 1.22 bits per heavy atom. The number of carboxylic acids is 1. The van der Waals surface area contributed by atoms with Crippen LogP contribution in [0.5, 0.6) is 0 Å². The van der Waals surface area contributed by atoms with Crippen molar-refractivity contribution in [3.8, 4) is 0 Å². The van der Waals surface area contributed by atoms with Gasteiger partial charge in [0.1, 0.15) is 5.75 Å². The van der Waals surface area contributed by atoms with Gasteiger partial charge >= 0.3 is 5.97 Å². The number of Topliss-reactive ketones (excluding diaryl/α,β-unsaturated/α-hetero) is 1. The van der Waals surface area contributed by atoms with Crippen molar-refractivity contribution < 1.29 is 18.9 Å². The second kappa shape index (κ2) is 5.14. The topological polar surface area (TPSA) is 87.2 Å². The summed E-state index contributed by atoms with van der Waals surface area (Å²) in [7, 11) is -1.67. The van der Waals surface area contributed by atoms with Gasteiger partial charge < -0.3 is 10.1 Å². The number of fused-ring (bicyclic) bond motifs is 1. The number of hydrogen-bond donors (Lipinski definition) is 2. The van der Waals surface area contributed by atoms with Gasteiger partial charge in [0.05, 0.1) is 5.75 Å². The smallest absolute Gasteiger partial charge is 0.316 e. The third-order valence-corrected chi connectivity index (χ3v) is 3.62. The van der Waals surface area contributed by atoms with Crippen LogP contribution in [0.4, 0.5) is 0 Å². The van der Waals surface area contributed by atoms with E-state index >= 15 is 0 Å². The van der Waals surface area contributed by atoms with Gasteiger partial charge in [0.25, 0.3) is 0 Å². The Labute approximate surface area is 105 Å². The number of carbonyl (C=O) groups excluding carboxylic acids is 1. The van der Waals surface area contributed by atoms with E-state index in [1.807, 2.05) is 12.1 Å². The van der Waals surface area contributed by atoms with Gasteiger partial charge in [-0.05, 0) is 6.07 Å². The summed E-state index contributed by atoms with van der Waals surface area (Å²) < 4.78 is 11.4. The lowest BCUT2D eigenvalue weighted by molar-refractivity contribution is -0.133. The molecule has 18 heavy (non-hydrogen) atoms. The minimum absolute atomic E-state index is 0.270. The fourth-order valence-electron chi connectivity index (χ4n) is 1.71. The largest absolute Gasteiger partial charge is 0.481 e. The highest BCUT2D eigenvalue weighted by atomic mass is 32.2. The summed E-state index contributed by atoms with van der Waals surface area (Å²) in [6.07, 6.45) is 1.56. The summed E-state index contributed by atoms with van der Waals surface area (Å²) >= 11 is 0. The number of nitrogens with one attached hydrogen (secondary N) is 1. The van der Waals surface area contributed by atoms with Crippen LogP contribution >= 0.6 is 0 Å². The fraction of sp³-hybridized carbons (Fsp3) is 0.167. The Hall–Kier alpha value is -1.95. The van der Waals surface area contributed by atoms with E-state index in [9.17, 15) is 13.8 Å². The maximum absolute atomic E-state index is 11.9. The van der Waals surface area contributed by atoms with E-state index in [1.54, 1.807) is 18.3 Å². The molecule has 0 fully saturated rings. The molecule has 2 aromatic rings. The SMILES string of the molecule is O=C(O)CS(=O)CC(=O)c1c[nH]c2ccccc12. The number of benzene rings is 1. The Bertz CT molecular complexity index is 632. The predicted molar refractivity (Wildman–Crippen MR) is 68.1 cm³/mol. The quantitative estimate of drug-likeness (QED) is 0.795. The first kappa shape index (κ1) is 12.5. The highest BCUT2D eigenvalue weighted by Crippen LogP contribution is 2.18. The van der Waals surface area contributed by atoms with Crippen molar-refractivity contribution >= 4 is 33.5 Å². The number of rotatable bonds is 5. The lowest BCUT2D eigenvalue weighted by Crippen LogP contribution is -2.17. The molecule has 1 heterocycles. The molecule has 0 amide bonds. The van der Waals surface area contributed by atoms with Gasteiger partial charge in [-0.3, -0.25) is 13.8 Å². The third-order valence-electron chi connectivity index (χ3n) is 2.47. The van der Waals surface area contributed by atoms with Crippen LogP contribution in [0.1, 0.15) is 10.4 Å². The lowest BCUT2D eigenvalue weighted by atomic mass is 10.1. The predicted octanol–water partition coefficient (Wildman–Crippen LogP) is 1.18. The highest BCUT2D eigenvalue weighted by Gasteiger charge is 2.16. The summed E-state index contributed by atoms with van der Waals surface area (Å²) in [5, 5.41) is 9.25. The summed E-state index contributed by atoms with van der Waals surface area (Å²) in [5.41, 5.74) is 1.27. The molecule has 1 aromatic carbocycles. The van der Waals surface area contributed by atoms with Crippen molar-refractivity contribution in [3.05, 3.63) is 36.0 Å². The molecule has 0 aliphatic rings. The van der Waals surface area contributed by atoms with Crippen LogP contribution in [0.3, 0.4) is 0 Å².